The molecule has 72 heavy (non-hydrogen) atoms. The van der Waals surface area contributed by atoms with E-state index < -0.39 is 5.41 Å². The van der Waals surface area contributed by atoms with Gasteiger partial charge in [0.15, 0.2) is 0 Å². The van der Waals surface area contributed by atoms with Gasteiger partial charge in [0, 0.05) is 16.9 Å². The van der Waals surface area contributed by atoms with Gasteiger partial charge in [-0.25, -0.2) is 0 Å². The van der Waals surface area contributed by atoms with Crippen molar-refractivity contribution in [3.63, 3.8) is 0 Å². The lowest BCUT2D eigenvalue weighted by Gasteiger charge is -2.34. The van der Waals surface area contributed by atoms with Crippen LogP contribution in [0.5, 0.6) is 0 Å². The molecule has 0 unspecified atom stereocenters. The highest BCUT2D eigenvalue weighted by atomic mass is 15.1. The molecule has 1 nitrogen and oxygen atoms in total. The smallest absolute Gasteiger partial charge is 0.0713 e. The minimum Gasteiger partial charge on any atom is -0.310 e. The van der Waals surface area contributed by atoms with Crippen molar-refractivity contribution in [3.05, 3.63) is 307 Å². The molecule has 1 aliphatic carbocycles. The average molecular weight is 914 g/mol. The lowest BCUT2D eigenvalue weighted by molar-refractivity contribution is 0.769. The second kappa shape index (κ2) is 17.0. The number of hydrogen-bond acceptors (Lipinski definition) is 1. The van der Waals surface area contributed by atoms with E-state index in [0.29, 0.717) is 0 Å². The van der Waals surface area contributed by atoms with Gasteiger partial charge in [-0.2, -0.15) is 0 Å². The molecule has 0 N–H and O–H groups in total. The van der Waals surface area contributed by atoms with Crippen molar-refractivity contribution < 1.29 is 0 Å². The average Bonchev–Trinajstić information content (AvgIpc) is 3.76. The Morgan fingerprint density at radius 2 is 0.722 bits per heavy atom. The lowest BCUT2D eigenvalue weighted by atomic mass is 9.67. The summed E-state index contributed by atoms with van der Waals surface area (Å²) in [5.41, 5.74) is 17.6. The van der Waals surface area contributed by atoms with E-state index in [-0.39, 0.29) is 0 Å². The fraction of sp³-hybridized carbons (Fsp3) is 0.0141. The number of fused-ring (bicyclic) bond motifs is 10. The summed E-state index contributed by atoms with van der Waals surface area (Å²) < 4.78 is 0. The van der Waals surface area contributed by atoms with Gasteiger partial charge in [-0.1, -0.05) is 243 Å². The van der Waals surface area contributed by atoms with Crippen LogP contribution >= 0.6 is 0 Å². The summed E-state index contributed by atoms with van der Waals surface area (Å²) in [7, 11) is 0. The maximum absolute atomic E-state index is 2.46. The van der Waals surface area contributed by atoms with Crippen LogP contribution in [-0.4, -0.2) is 0 Å². The van der Waals surface area contributed by atoms with Gasteiger partial charge in [-0.05, 0) is 147 Å². The Bertz CT molecular complexity index is 4130. The van der Waals surface area contributed by atoms with E-state index in [1.165, 1.54) is 98.7 Å². The summed E-state index contributed by atoms with van der Waals surface area (Å²) in [6, 6.07) is 105. The first kappa shape index (κ1) is 41.7. The first-order valence-corrected chi connectivity index (χ1v) is 25.0. The van der Waals surface area contributed by atoms with E-state index in [1.807, 2.05) is 0 Å². The minimum atomic E-state index is -0.471. The summed E-state index contributed by atoms with van der Waals surface area (Å²) in [6.45, 7) is 0. The van der Waals surface area contributed by atoms with Crippen LogP contribution in [0, 0.1) is 0 Å². The Morgan fingerprint density at radius 1 is 0.236 bits per heavy atom. The molecule has 13 aromatic rings. The van der Waals surface area contributed by atoms with Gasteiger partial charge in [0.25, 0.3) is 0 Å². The van der Waals surface area contributed by atoms with E-state index in [0.717, 1.165) is 28.2 Å². The fourth-order valence-corrected chi connectivity index (χ4v) is 12.1. The molecule has 13 aromatic carbocycles. The van der Waals surface area contributed by atoms with Crippen molar-refractivity contribution in [1.29, 1.82) is 0 Å². The molecule has 0 spiro atoms. The van der Waals surface area contributed by atoms with Gasteiger partial charge >= 0.3 is 0 Å². The van der Waals surface area contributed by atoms with Crippen molar-refractivity contribution in [2.45, 2.75) is 5.41 Å². The largest absolute Gasteiger partial charge is 0.310 e. The molecule has 0 saturated heterocycles. The van der Waals surface area contributed by atoms with Crippen molar-refractivity contribution in [3.8, 4) is 44.5 Å². The molecule has 0 bridgehead atoms. The molecular formula is C71H47N. The zero-order chi connectivity index (χ0) is 47.6. The summed E-state index contributed by atoms with van der Waals surface area (Å²) in [5.74, 6) is 0. The van der Waals surface area contributed by atoms with Crippen molar-refractivity contribution in [1.82, 2.24) is 0 Å². The molecule has 0 aromatic heterocycles. The predicted octanol–water partition coefficient (Wildman–Crippen LogP) is 19.1. The van der Waals surface area contributed by atoms with Crippen LogP contribution in [0.15, 0.2) is 285 Å². The third-order valence-electron chi connectivity index (χ3n) is 15.3. The molecule has 0 saturated carbocycles. The van der Waals surface area contributed by atoms with Crippen LogP contribution in [0.4, 0.5) is 17.1 Å². The Hall–Kier alpha value is -9.30. The Morgan fingerprint density at radius 3 is 1.43 bits per heavy atom. The number of para-hydroxylation sites is 1. The minimum absolute atomic E-state index is 0.471. The third-order valence-corrected chi connectivity index (χ3v) is 15.3. The predicted molar refractivity (Wildman–Crippen MR) is 305 cm³/mol. The van der Waals surface area contributed by atoms with Crippen LogP contribution in [0.2, 0.25) is 0 Å². The lowest BCUT2D eigenvalue weighted by Crippen LogP contribution is -2.28. The number of anilines is 3. The van der Waals surface area contributed by atoms with Crippen LogP contribution in [0.3, 0.4) is 0 Å². The van der Waals surface area contributed by atoms with E-state index in [1.54, 1.807) is 0 Å². The van der Waals surface area contributed by atoms with Crippen LogP contribution < -0.4 is 4.90 Å². The van der Waals surface area contributed by atoms with E-state index in [9.17, 15) is 0 Å². The first-order valence-electron chi connectivity index (χ1n) is 25.0. The number of benzene rings is 13. The Balaban J connectivity index is 0.945. The van der Waals surface area contributed by atoms with Gasteiger partial charge in [0.1, 0.15) is 0 Å². The maximum Gasteiger partial charge on any atom is 0.0713 e. The van der Waals surface area contributed by atoms with E-state index in [4.69, 9.17) is 0 Å². The third kappa shape index (κ3) is 6.55. The molecule has 0 heterocycles. The highest BCUT2D eigenvalue weighted by Crippen LogP contribution is 2.57. The summed E-state index contributed by atoms with van der Waals surface area (Å²) >= 11 is 0. The molecule has 0 atom stereocenters. The maximum atomic E-state index is 2.46. The number of rotatable bonds is 8. The molecule has 0 amide bonds. The van der Waals surface area contributed by atoms with Crippen LogP contribution in [0.1, 0.15) is 22.3 Å². The van der Waals surface area contributed by atoms with Crippen molar-refractivity contribution >= 4 is 60.2 Å². The van der Waals surface area contributed by atoms with Crippen LogP contribution in [0.25, 0.3) is 87.6 Å². The van der Waals surface area contributed by atoms with Gasteiger partial charge in [-0.3, -0.25) is 0 Å². The molecule has 0 aliphatic heterocycles. The van der Waals surface area contributed by atoms with Crippen molar-refractivity contribution in [2.75, 3.05) is 4.90 Å². The summed E-state index contributed by atoms with van der Waals surface area (Å²) in [4.78, 5) is 2.46. The molecule has 0 radical (unpaired) electrons. The Labute approximate surface area is 420 Å². The molecule has 1 heteroatoms. The second-order valence-electron chi connectivity index (χ2n) is 19.1. The molecule has 1 aliphatic rings. The Kier molecular flexibility index (Phi) is 9.82. The van der Waals surface area contributed by atoms with E-state index in [2.05, 4.69) is 290 Å². The van der Waals surface area contributed by atoms with Gasteiger partial charge in [-0.15, -0.1) is 0 Å². The quantitative estimate of drug-likeness (QED) is 0.137. The van der Waals surface area contributed by atoms with Gasteiger partial charge < -0.3 is 4.90 Å². The normalized spacial score (nSPS) is 12.6. The zero-order valence-electron chi connectivity index (χ0n) is 39.6. The summed E-state index contributed by atoms with van der Waals surface area (Å²) in [5, 5.41) is 10.0. The van der Waals surface area contributed by atoms with E-state index >= 15 is 0 Å². The molecule has 14 rings (SSSR count). The van der Waals surface area contributed by atoms with Crippen LogP contribution in [-0.2, 0) is 5.41 Å². The second-order valence-corrected chi connectivity index (χ2v) is 19.1. The standard InChI is InChI=1S/C71H47N/c1-3-23-53(24-4-1)71(54-25-5-2-6-26-54)68-35-15-13-33-65(68)66-43-39-50(46-69(66)71)48-37-40-55(41-38-48)72(56-42-44-64-62-31-10-9-29-60(62)61-30-11-12-32-63(61)67(64)47-56)70-36-16-14-28-59(70)52-22-17-21-51(45-52)58-34-18-20-49-19-7-8-27-57(49)58/h1-47H. The fourth-order valence-electron chi connectivity index (χ4n) is 12.1. The first-order chi connectivity index (χ1) is 35.7. The van der Waals surface area contributed by atoms with Gasteiger partial charge in [0.2, 0.25) is 0 Å². The SMILES string of the molecule is c1ccc(C2(c3ccccc3)c3ccccc3-c3ccc(-c4ccc(N(c5ccc6c7ccccc7c7ccccc7c6c5)c5ccccc5-c5cccc(-c6cccc7ccccc67)c5)cc4)cc32)cc1. The van der Waals surface area contributed by atoms with Gasteiger partial charge in [0.05, 0.1) is 11.1 Å². The number of nitrogens with zero attached hydrogens (tertiary/aromatic N) is 1. The summed E-state index contributed by atoms with van der Waals surface area (Å²) in [6.07, 6.45) is 0. The molecule has 0 fully saturated rings. The van der Waals surface area contributed by atoms with Crippen molar-refractivity contribution in [2.24, 2.45) is 0 Å². The topological polar surface area (TPSA) is 3.24 Å². The number of hydrogen-bond donors (Lipinski definition) is 0. The molecule has 336 valence electrons. The highest BCUT2D eigenvalue weighted by Gasteiger charge is 2.46. The monoisotopic (exact) mass is 913 g/mol. The molecular weight excluding hydrogens is 867 g/mol. The zero-order valence-corrected chi connectivity index (χ0v) is 39.6. The highest BCUT2D eigenvalue weighted by molar-refractivity contribution is 6.26.